The quantitative estimate of drug-likeness (QED) is 0.785. The number of hydrogen-bond acceptors (Lipinski definition) is 3. The molecule has 0 spiro atoms. The average Bonchev–Trinajstić information content (AvgIpc) is 2.34. The lowest BCUT2D eigenvalue weighted by atomic mass is 9.96. The molecule has 0 radical (unpaired) electrons. The zero-order valence-electron chi connectivity index (χ0n) is 11.2. The minimum Gasteiger partial charge on any atom is -0.496 e. The molecule has 0 fully saturated rings. The maximum Gasteiger partial charge on any atom is 0.328 e. The number of likely N-dealkylation sites (N-methyl/N-ethyl adjacent to an activating group) is 1. The molecule has 1 rings (SSSR count). The van der Waals surface area contributed by atoms with E-state index in [-0.39, 0.29) is 6.04 Å². The first-order valence-electron chi connectivity index (χ1n) is 5.73. The van der Waals surface area contributed by atoms with Gasteiger partial charge in [-0.2, -0.15) is 0 Å². The summed E-state index contributed by atoms with van der Waals surface area (Å²) in [5.41, 5.74) is 3.22. The van der Waals surface area contributed by atoms with Crippen LogP contribution >= 0.6 is 0 Å². The fraction of sp³-hybridized carbons (Fsp3) is 0.357. The fourth-order valence-electron chi connectivity index (χ4n) is 1.91. The van der Waals surface area contributed by atoms with Crippen molar-refractivity contribution in [2.45, 2.75) is 19.9 Å². The second-order valence-corrected chi connectivity index (χ2v) is 4.07. The Labute approximate surface area is 107 Å². The van der Waals surface area contributed by atoms with Crippen molar-refractivity contribution in [1.29, 1.82) is 0 Å². The van der Waals surface area contributed by atoms with E-state index in [1.807, 2.05) is 26.0 Å². The number of methoxy groups -OCH3 is 1. The maximum atomic E-state index is 10.6. The van der Waals surface area contributed by atoms with Gasteiger partial charge >= 0.3 is 5.97 Å². The molecule has 0 aliphatic heterocycles. The molecule has 2 N–H and O–H groups in total. The molecule has 4 nitrogen and oxygen atoms in total. The summed E-state index contributed by atoms with van der Waals surface area (Å²) in [5, 5.41) is 11.8. The SMILES string of the molecule is CNC(/C=C/C(=O)O)c1ccc(OC)c(C)c1C. The van der Waals surface area contributed by atoms with Crippen molar-refractivity contribution in [1.82, 2.24) is 5.32 Å². The molecule has 0 amide bonds. The van der Waals surface area contributed by atoms with Crippen LogP contribution < -0.4 is 10.1 Å². The van der Waals surface area contributed by atoms with Crippen LogP contribution in [-0.4, -0.2) is 25.2 Å². The lowest BCUT2D eigenvalue weighted by Crippen LogP contribution is -2.16. The molecule has 98 valence electrons. The Morgan fingerprint density at radius 2 is 2.06 bits per heavy atom. The molecule has 0 aliphatic carbocycles. The molecule has 1 atom stereocenters. The lowest BCUT2D eigenvalue weighted by molar-refractivity contribution is -0.131. The van der Waals surface area contributed by atoms with Crippen LogP contribution in [0.5, 0.6) is 5.75 Å². The van der Waals surface area contributed by atoms with E-state index in [1.54, 1.807) is 20.2 Å². The second-order valence-electron chi connectivity index (χ2n) is 4.07. The summed E-state index contributed by atoms with van der Waals surface area (Å²) in [7, 11) is 3.44. The number of hydrogen-bond donors (Lipinski definition) is 2. The van der Waals surface area contributed by atoms with Crippen molar-refractivity contribution < 1.29 is 14.6 Å². The highest BCUT2D eigenvalue weighted by Gasteiger charge is 2.12. The number of carboxylic acids is 1. The average molecular weight is 249 g/mol. The molecule has 1 aromatic rings. The van der Waals surface area contributed by atoms with Crippen LogP contribution in [0.3, 0.4) is 0 Å². The molecule has 0 aliphatic rings. The maximum absolute atomic E-state index is 10.6. The number of carboxylic acid groups (broad SMARTS) is 1. The first-order valence-corrected chi connectivity index (χ1v) is 5.73. The molecule has 18 heavy (non-hydrogen) atoms. The van der Waals surface area contributed by atoms with Crippen molar-refractivity contribution in [3.8, 4) is 5.75 Å². The number of ether oxygens (including phenoxy) is 1. The van der Waals surface area contributed by atoms with E-state index in [9.17, 15) is 4.79 Å². The molecule has 0 aromatic heterocycles. The molecular formula is C14H19NO3. The molecule has 4 heteroatoms. The van der Waals surface area contributed by atoms with Crippen molar-refractivity contribution in [3.05, 3.63) is 41.0 Å². The van der Waals surface area contributed by atoms with E-state index >= 15 is 0 Å². The van der Waals surface area contributed by atoms with E-state index in [4.69, 9.17) is 9.84 Å². The van der Waals surface area contributed by atoms with Gasteiger partial charge in [-0.1, -0.05) is 12.1 Å². The van der Waals surface area contributed by atoms with Crippen LogP contribution in [0.15, 0.2) is 24.3 Å². The largest absolute Gasteiger partial charge is 0.496 e. The molecule has 1 aromatic carbocycles. The topological polar surface area (TPSA) is 58.6 Å². The van der Waals surface area contributed by atoms with Crippen LogP contribution in [0.1, 0.15) is 22.7 Å². The summed E-state index contributed by atoms with van der Waals surface area (Å²) in [6.45, 7) is 4.00. The van der Waals surface area contributed by atoms with Gasteiger partial charge in [0.2, 0.25) is 0 Å². The van der Waals surface area contributed by atoms with Gasteiger partial charge in [-0.15, -0.1) is 0 Å². The van der Waals surface area contributed by atoms with E-state index < -0.39 is 5.97 Å². The van der Waals surface area contributed by atoms with Crippen LogP contribution in [0, 0.1) is 13.8 Å². The van der Waals surface area contributed by atoms with Crippen molar-refractivity contribution in [2.75, 3.05) is 14.2 Å². The van der Waals surface area contributed by atoms with Crippen LogP contribution in [-0.2, 0) is 4.79 Å². The van der Waals surface area contributed by atoms with Gasteiger partial charge in [0.1, 0.15) is 5.75 Å². The third-order valence-corrected chi connectivity index (χ3v) is 3.08. The van der Waals surface area contributed by atoms with E-state index in [2.05, 4.69) is 5.32 Å². The third kappa shape index (κ3) is 3.11. The summed E-state index contributed by atoms with van der Waals surface area (Å²) >= 11 is 0. The van der Waals surface area contributed by atoms with Gasteiger partial charge in [0, 0.05) is 6.08 Å². The smallest absolute Gasteiger partial charge is 0.328 e. The number of carbonyl (C=O) groups is 1. The Balaban J connectivity index is 3.15. The van der Waals surface area contributed by atoms with Gasteiger partial charge in [0.25, 0.3) is 0 Å². The lowest BCUT2D eigenvalue weighted by Gasteiger charge is -2.18. The highest BCUT2D eigenvalue weighted by molar-refractivity contribution is 5.79. The summed E-state index contributed by atoms with van der Waals surface area (Å²) in [6, 6.07) is 3.73. The molecule has 0 saturated heterocycles. The number of benzene rings is 1. The highest BCUT2D eigenvalue weighted by Crippen LogP contribution is 2.28. The molecule has 0 heterocycles. The van der Waals surface area contributed by atoms with Crippen LogP contribution in [0.25, 0.3) is 0 Å². The summed E-state index contributed by atoms with van der Waals surface area (Å²) in [6.07, 6.45) is 2.79. The Bertz CT molecular complexity index is 466. The minimum absolute atomic E-state index is 0.120. The number of nitrogens with one attached hydrogen (secondary N) is 1. The predicted molar refractivity (Wildman–Crippen MR) is 71.0 cm³/mol. The van der Waals surface area contributed by atoms with E-state index in [1.165, 1.54) is 0 Å². The molecule has 0 bridgehead atoms. The Morgan fingerprint density at radius 1 is 1.39 bits per heavy atom. The van der Waals surface area contributed by atoms with Gasteiger partial charge < -0.3 is 15.2 Å². The van der Waals surface area contributed by atoms with Crippen molar-refractivity contribution >= 4 is 5.97 Å². The van der Waals surface area contributed by atoms with Crippen LogP contribution in [0.4, 0.5) is 0 Å². The van der Waals surface area contributed by atoms with Crippen molar-refractivity contribution in [2.24, 2.45) is 0 Å². The highest BCUT2D eigenvalue weighted by atomic mass is 16.5. The van der Waals surface area contributed by atoms with Gasteiger partial charge in [-0.25, -0.2) is 4.79 Å². The Hall–Kier alpha value is -1.81. The van der Waals surface area contributed by atoms with E-state index in [0.29, 0.717) is 0 Å². The zero-order chi connectivity index (χ0) is 13.7. The summed E-state index contributed by atoms with van der Waals surface area (Å²) in [5.74, 6) is -0.105. The number of rotatable bonds is 5. The normalized spacial score (nSPS) is 12.7. The van der Waals surface area contributed by atoms with Gasteiger partial charge in [0.05, 0.1) is 13.2 Å². The van der Waals surface area contributed by atoms with Crippen LogP contribution in [0.2, 0.25) is 0 Å². The molecule has 0 saturated carbocycles. The summed E-state index contributed by atoms with van der Waals surface area (Å²) in [4.78, 5) is 10.6. The predicted octanol–water partition coefficient (Wildman–Crippen LogP) is 2.21. The van der Waals surface area contributed by atoms with Gasteiger partial charge in [-0.05, 0) is 43.7 Å². The summed E-state index contributed by atoms with van der Waals surface area (Å²) < 4.78 is 5.26. The van der Waals surface area contributed by atoms with Gasteiger partial charge in [-0.3, -0.25) is 0 Å². The first kappa shape index (κ1) is 14.3. The fourth-order valence-corrected chi connectivity index (χ4v) is 1.91. The van der Waals surface area contributed by atoms with Gasteiger partial charge in [0.15, 0.2) is 0 Å². The second kappa shape index (κ2) is 6.21. The van der Waals surface area contributed by atoms with Crippen molar-refractivity contribution in [3.63, 3.8) is 0 Å². The monoisotopic (exact) mass is 249 g/mol. The standard InChI is InChI=1S/C14H19NO3/c1-9-10(2)13(18-4)7-5-11(9)12(15-3)6-8-14(16)17/h5-8,12,15H,1-4H3,(H,16,17)/b8-6+. The first-order chi connectivity index (χ1) is 8.51. The minimum atomic E-state index is -0.946. The Kier molecular flexibility index (Phi) is 4.92. The third-order valence-electron chi connectivity index (χ3n) is 3.08. The molecule has 1 unspecified atom stereocenters. The number of aliphatic carboxylic acids is 1. The van der Waals surface area contributed by atoms with E-state index in [0.717, 1.165) is 28.5 Å². The molecular weight excluding hydrogens is 230 g/mol. The Morgan fingerprint density at radius 3 is 2.56 bits per heavy atom. The zero-order valence-corrected chi connectivity index (χ0v) is 11.2.